The summed E-state index contributed by atoms with van der Waals surface area (Å²) in [5.41, 5.74) is 9.37. The second-order valence-electron chi connectivity index (χ2n) is 4.34. The van der Waals surface area contributed by atoms with Crippen molar-refractivity contribution in [2.24, 2.45) is 5.73 Å². The maximum absolute atomic E-state index is 5.90. The Kier molecular flexibility index (Phi) is 2.53. The van der Waals surface area contributed by atoms with E-state index < -0.39 is 0 Å². The second kappa shape index (κ2) is 4.18. The lowest BCUT2D eigenvalue weighted by Crippen LogP contribution is -2.33. The number of nitrogens with zero attached hydrogens (tertiary/aromatic N) is 1. The molecule has 0 amide bonds. The van der Waals surface area contributed by atoms with Gasteiger partial charge in [0, 0.05) is 24.0 Å². The molecule has 0 bridgehead atoms. The molecule has 2 heterocycles. The molecule has 1 aromatic carbocycles. The molecule has 1 aromatic heterocycles. The van der Waals surface area contributed by atoms with Crippen LogP contribution in [0.4, 0.5) is 0 Å². The number of nitrogens with two attached hydrogens (primary N) is 1. The molecule has 86 valence electrons. The smallest absolute Gasteiger partial charge is 0.122 e. The second-order valence-corrected chi connectivity index (χ2v) is 4.34. The minimum atomic E-state index is 0.103. The Bertz CT molecular complexity index is 525. The predicted molar refractivity (Wildman–Crippen MR) is 66.8 cm³/mol. The van der Waals surface area contributed by atoms with Crippen molar-refractivity contribution < 1.29 is 4.74 Å². The number of rotatable bonds is 1. The van der Waals surface area contributed by atoms with Gasteiger partial charge in [-0.05, 0) is 35.7 Å². The zero-order chi connectivity index (χ0) is 11.7. The van der Waals surface area contributed by atoms with Crippen LogP contribution in [0.3, 0.4) is 0 Å². The van der Waals surface area contributed by atoms with Crippen LogP contribution >= 0.6 is 0 Å². The van der Waals surface area contributed by atoms with Crippen molar-refractivity contribution in [1.82, 2.24) is 4.98 Å². The lowest BCUT2D eigenvalue weighted by molar-refractivity contribution is 0.263. The molecule has 0 saturated carbocycles. The Labute approximate surface area is 100 Å². The maximum Gasteiger partial charge on any atom is 0.122 e. The van der Waals surface area contributed by atoms with Crippen molar-refractivity contribution >= 4 is 0 Å². The van der Waals surface area contributed by atoms with Gasteiger partial charge in [0.2, 0.25) is 0 Å². The molecule has 3 nitrogen and oxygen atoms in total. The van der Waals surface area contributed by atoms with Gasteiger partial charge < -0.3 is 10.5 Å². The number of benzene rings is 1. The van der Waals surface area contributed by atoms with Crippen LogP contribution in [0.25, 0.3) is 11.1 Å². The van der Waals surface area contributed by atoms with Crippen molar-refractivity contribution in [1.29, 1.82) is 0 Å². The fourth-order valence-electron chi connectivity index (χ4n) is 2.13. The summed E-state index contributed by atoms with van der Waals surface area (Å²) in [6.07, 6.45) is 4.52. The van der Waals surface area contributed by atoms with Gasteiger partial charge in [-0.3, -0.25) is 4.98 Å². The van der Waals surface area contributed by atoms with E-state index in [-0.39, 0.29) is 6.04 Å². The van der Waals surface area contributed by atoms with Crippen molar-refractivity contribution in [3.05, 3.63) is 48.3 Å². The Morgan fingerprint density at radius 1 is 1.24 bits per heavy atom. The molecule has 0 fully saturated rings. The average Bonchev–Trinajstić information content (AvgIpc) is 2.39. The highest BCUT2D eigenvalue weighted by Gasteiger charge is 2.16. The van der Waals surface area contributed by atoms with Gasteiger partial charge in [-0.1, -0.05) is 12.1 Å². The van der Waals surface area contributed by atoms with Crippen molar-refractivity contribution in [3.63, 3.8) is 0 Å². The first-order valence-electron chi connectivity index (χ1n) is 5.74. The molecule has 17 heavy (non-hydrogen) atoms. The van der Waals surface area contributed by atoms with Crippen molar-refractivity contribution in [3.8, 4) is 16.9 Å². The van der Waals surface area contributed by atoms with E-state index in [0.29, 0.717) is 6.61 Å². The molecule has 1 aliphatic rings. The largest absolute Gasteiger partial charge is 0.492 e. The molecular weight excluding hydrogens is 212 g/mol. The molecule has 0 unspecified atom stereocenters. The Morgan fingerprint density at radius 3 is 3.00 bits per heavy atom. The standard InChI is InChI=1S/C14H14N2O/c15-13-7-12-6-10(3-4-14(12)17-9-13)11-2-1-5-16-8-11/h1-6,8,13H,7,9,15H2/t13-/m1/s1. The fourth-order valence-corrected chi connectivity index (χ4v) is 2.13. The highest BCUT2D eigenvalue weighted by molar-refractivity contribution is 5.65. The highest BCUT2D eigenvalue weighted by Crippen LogP contribution is 2.29. The topological polar surface area (TPSA) is 48.1 Å². The van der Waals surface area contributed by atoms with Crippen LogP contribution in [0, 0.1) is 0 Å². The van der Waals surface area contributed by atoms with E-state index in [1.165, 1.54) is 5.56 Å². The summed E-state index contributed by atoms with van der Waals surface area (Å²) in [7, 11) is 0. The van der Waals surface area contributed by atoms with Gasteiger partial charge in [0.1, 0.15) is 12.4 Å². The molecule has 3 heteroatoms. The number of pyridine rings is 1. The third kappa shape index (κ3) is 2.01. The van der Waals surface area contributed by atoms with Crippen LogP contribution in [-0.4, -0.2) is 17.6 Å². The first-order chi connectivity index (χ1) is 8.33. The van der Waals surface area contributed by atoms with E-state index in [0.717, 1.165) is 23.3 Å². The molecule has 2 N–H and O–H groups in total. The first kappa shape index (κ1) is 10.3. The average molecular weight is 226 g/mol. The quantitative estimate of drug-likeness (QED) is 0.809. The Morgan fingerprint density at radius 2 is 2.18 bits per heavy atom. The third-order valence-corrected chi connectivity index (χ3v) is 2.99. The number of hydrogen-bond acceptors (Lipinski definition) is 3. The van der Waals surface area contributed by atoms with E-state index in [1.807, 2.05) is 18.3 Å². The van der Waals surface area contributed by atoms with Gasteiger partial charge in [-0.2, -0.15) is 0 Å². The lowest BCUT2D eigenvalue weighted by Gasteiger charge is -2.22. The molecule has 0 aliphatic carbocycles. The zero-order valence-corrected chi connectivity index (χ0v) is 9.47. The minimum absolute atomic E-state index is 0.103. The summed E-state index contributed by atoms with van der Waals surface area (Å²) in [5, 5.41) is 0. The van der Waals surface area contributed by atoms with Gasteiger partial charge in [-0.15, -0.1) is 0 Å². The Balaban J connectivity index is 2.01. The van der Waals surface area contributed by atoms with E-state index in [1.54, 1.807) is 6.20 Å². The van der Waals surface area contributed by atoms with E-state index in [2.05, 4.69) is 23.2 Å². The molecule has 0 spiro atoms. The number of ether oxygens (including phenoxy) is 1. The summed E-state index contributed by atoms with van der Waals surface area (Å²) >= 11 is 0. The van der Waals surface area contributed by atoms with Gasteiger partial charge in [0.05, 0.1) is 0 Å². The fraction of sp³-hybridized carbons (Fsp3) is 0.214. The molecule has 0 radical (unpaired) electrons. The summed E-state index contributed by atoms with van der Waals surface area (Å²) < 4.78 is 5.59. The van der Waals surface area contributed by atoms with Crippen LogP contribution < -0.4 is 10.5 Å². The highest BCUT2D eigenvalue weighted by atomic mass is 16.5. The molecule has 1 aliphatic heterocycles. The summed E-state index contributed by atoms with van der Waals surface area (Å²) in [6, 6.07) is 10.3. The van der Waals surface area contributed by atoms with Crippen LogP contribution in [0.15, 0.2) is 42.7 Å². The molecular formula is C14H14N2O. The van der Waals surface area contributed by atoms with Crippen LogP contribution in [-0.2, 0) is 6.42 Å². The SMILES string of the molecule is N[C@H]1COc2ccc(-c3cccnc3)cc2C1. The number of hydrogen-bond donors (Lipinski definition) is 1. The molecule has 3 rings (SSSR count). The minimum Gasteiger partial charge on any atom is -0.492 e. The van der Waals surface area contributed by atoms with Crippen LogP contribution in [0.1, 0.15) is 5.56 Å². The van der Waals surface area contributed by atoms with Crippen LogP contribution in [0.5, 0.6) is 5.75 Å². The molecule has 2 aromatic rings. The predicted octanol–water partition coefficient (Wildman–Crippen LogP) is 2.01. The summed E-state index contributed by atoms with van der Waals surface area (Å²) in [4.78, 5) is 4.13. The summed E-state index contributed by atoms with van der Waals surface area (Å²) in [5.74, 6) is 0.958. The van der Waals surface area contributed by atoms with E-state index >= 15 is 0 Å². The first-order valence-corrected chi connectivity index (χ1v) is 5.74. The molecule has 1 atom stereocenters. The van der Waals surface area contributed by atoms with Gasteiger partial charge >= 0.3 is 0 Å². The van der Waals surface area contributed by atoms with E-state index in [4.69, 9.17) is 10.5 Å². The zero-order valence-electron chi connectivity index (χ0n) is 9.47. The molecule has 0 saturated heterocycles. The Hall–Kier alpha value is -1.87. The van der Waals surface area contributed by atoms with Crippen molar-refractivity contribution in [2.75, 3.05) is 6.61 Å². The maximum atomic E-state index is 5.90. The summed E-state index contributed by atoms with van der Waals surface area (Å²) in [6.45, 7) is 0.610. The van der Waals surface area contributed by atoms with Crippen LogP contribution in [0.2, 0.25) is 0 Å². The van der Waals surface area contributed by atoms with Gasteiger partial charge in [-0.25, -0.2) is 0 Å². The van der Waals surface area contributed by atoms with E-state index in [9.17, 15) is 0 Å². The number of fused-ring (bicyclic) bond motifs is 1. The van der Waals surface area contributed by atoms with Gasteiger partial charge in [0.25, 0.3) is 0 Å². The monoisotopic (exact) mass is 226 g/mol. The van der Waals surface area contributed by atoms with Crippen molar-refractivity contribution in [2.45, 2.75) is 12.5 Å². The van der Waals surface area contributed by atoms with Gasteiger partial charge in [0.15, 0.2) is 0 Å². The number of aromatic nitrogens is 1. The lowest BCUT2D eigenvalue weighted by atomic mass is 9.98. The normalized spacial score (nSPS) is 18.3. The third-order valence-electron chi connectivity index (χ3n) is 2.99.